The van der Waals surface area contributed by atoms with Gasteiger partial charge >= 0.3 is 0 Å². The lowest BCUT2D eigenvalue weighted by Gasteiger charge is -2.58. The van der Waals surface area contributed by atoms with Gasteiger partial charge in [0.1, 0.15) is 11.8 Å². The van der Waals surface area contributed by atoms with E-state index >= 15 is 0 Å². The van der Waals surface area contributed by atoms with Crippen molar-refractivity contribution >= 4 is 28.7 Å². The maximum atomic E-state index is 13.4. The zero-order valence-electron chi connectivity index (χ0n) is 21.9. The quantitative estimate of drug-likeness (QED) is 0.591. The Balaban J connectivity index is 1.07. The molecule has 1 amide bonds. The molecule has 3 N–H and O–H groups in total. The van der Waals surface area contributed by atoms with Crippen molar-refractivity contribution in [1.29, 1.82) is 0 Å². The summed E-state index contributed by atoms with van der Waals surface area (Å²) >= 11 is 0. The average Bonchev–Trinajstić information content (AvgIpc) is 3.46. The third-order valence-corrected chi connectivity index (χ3v) is 10.6. The van der Waals surface area contributed by atoms with Gasteiger partial charge in [0.05, 0.1) is 6.33 Å². The maximum Gasteiger partial charge on any atom is 0.223 e. The van der Waals surface area contributed by atoms with Crippen molar-refractivity contribution in [3.8, 4) is 0 Å². The van der Waals surface area contributed by atoms with Gasteiger partial charge in [-0.05, 0) is 79.6 Å². The minimum Gasteiger partial charge on any atom is -0.382 e. The lowest BCUT2D eigenvalue weighted by Crippen LogP contribution is -2.52. The highest BCUT2D eigenvalue weighted by Crippen LogP contribution is 2.66. The van der Waals surface area contributed by atoms with Gasteiger partial charge in [-0.25, -0.2) is 15.0 Å². The van der Waals surface area contributed by atoms with E-state index in [0.29, 0.717) is 60.0 Å². The van der Waals surface area contributed by atoms with Crippen LogP contribution in [0.2, 0.25) is 0 Å². The molecule has 3 fully saturated rings. The molecule has 0 aliphatic heterocycles. The lowest BCUT2D eigenvalue weighted by atomic mass is 9.47. The highest BCUT2D eigenvalue weighted by Gasteiger charge is 2.60. The van der Waals surface area contributed by atoms with E-state index in [1.54, 1.807) is 6.33 Å². The molecule has 0 radical (unpaired) electrons. The maximum absolute atomic E-state index is 13.4. The van der Waals surface area contributed by atoms with Crippen LogP contribution in [0.4, 0.5) is 5.82 Å². The first-order valence-corrected chi connectivity index (χ1v) is 13.9. The van der Waals surface area contributed by atoms with Crippen molar-refractivity contribution in [2.45, 2.75) is 71.8 Å². The Hall–Kier alpha value is -3.03. The molecule has 2 heterocycles. The summed E-state index contributed by atoms with van der Waals surface area (Å²) in [5.74, 6) is 2.92. The highest BCUT2D eigenvalue weighted by atomic mass is 16.2. The van der Waals surface area contributed by atoms with Gasteiger partial charge in [0.2, 0.25) is 5.91 Å². The van der Waals surface area contributed by atoms with E-state index < -0.39 is 0 Å². The number of hydrogen-bond donors (Lipinski definition) is 2. The number of nitrogens with zero attached hydrogens (tertiary/aromatic N) is 4. The number of nitrogens with one attached hydrogen (secondary N) is 1. The van der Waals surface area contributed by atoms with Crippen LogP contribution >= 0.6 is 0 Å². The van der Waals surface area contributed by atoms with E-state index in [1.165, 1.54) is 24.7 Å². The number of carbonyl (C=O) groups is 2. The number of ketones is 1. The topological polar surface area (TPSA) is 116 Å². The second-order valence-electron chi connectivity index (χ2n) is 12.2. The normalized spacial score (nSPS) is 35.2. The van der Waals surface area contributed by atoms with Crippen molar-refractivity contribution in [1.82, 2.24) is 24.8 Å². The van der Waals surface area contributed by atoms with Crippen LogP contribution in [0.5, 0.6) is 0 Å². The van der Waals surface area contributed by atoms with E-state index in [2.05, 4.69) is 34.1 Å². The van der Waals surface area contributed by atoms with Crippen molar-refractivity contribution in [2.75, 3.05) is 12.3 Å². The summed E-state index contributed by atoms with van der Waals surface area (Å²) < 4.78 is 1.92. The van der Waals surface area contributed by atoms with Crippen LogP contribution in [0.25, 0.3) is 11.2 Å². The number of hydrogen-bond acceptors (Lipinski definition) is 6. The molecule has 196 valence electrons. The SMILES string of the molecule is C[C@]12CC[C@H]3[C@@H](CCC4=CC(=O)CC[C@@]43C)[C@@H]1CC[C@@H]2C(=O)NC/C=C/Cn1cnc2c(N)ncnc21. The summed E-state index contributed by atoms with van der Waals surface area (Å²) in [5.41, 5.74) is 8.85. The zero-order valence-corrected chi connectivity index (χ0v) is 21.9. The minimum absolute atomic E-state index is 0.0758. The summed E-state index contributed by atoms with van der Waals surface area (Å²) in [6, 6.07) is 0. The van der Waals surface area contributed by atoms with Gasteiger partial charge in [0, 0.05) is 25.4 Å². The second kappa shape index (κ2) is 9.07. The smallest absolute Gasteiger partial charge is 0.223 e. The standard InChI is InChI=1S/C29H38N6O2/c1-28-11-9-19(36)15-18(28)5-6-20-21-7-8-23(29(21,2)12-10-22(20)28)27(37)31-13-3-4-14-35-17-34-24-25(30)32-16-33-26(24)35/h3-4,15-17,20-23H,5-14H2,1-2H3,(H,31,37)(H2,30,32,33)/b4-3+/t20-,21-,22-,23+,28-,29-/m0/s1. The van der Waals surface area contributed by atoms with Gasteiger partial charge < -0.3 is 15.6 Å². The number of amides is 1. The number of rotatable bonds is 5. The Morgan fingerprint density at radius 1 is 1.11 bits per heavy atom. The molecule has 6 atom stereocenters. The summed E-state index contributed by atoms with van der Waals surface area (Å²) in [4.78, 5) is 38.0. The third kappa shape index (κ3) is 3.91. The van der Waals surface area contributed by atoms with Gasteiger partial charge in [-0.1, -0.05) is 31.6 Å². The molecule has 4 aliphatic carbocycles. The number of nitrogen functional groups attached to an aromatic ring is 1. The number of aromatic nitrogens is 4. The number of carbonyl (C=O) groups excluding carboxylic acids is 2. The summed E-state index contributed by atoms with van der Waals surface area (Å²) in [6.07, 6.45) is 17.5. The fourth-order valence-electron chi connectivity index (χ4n) is 8.58. The van der Waals surface area contributed by atoms with Gasteiger partial charge in [-0.15, -0.1) is 0 Å². The molecular formula is C29H38N6O2. The Kier molecular flexibility index (Phi) is 5.96. The molecule has 0 bridgehead atoms. The Morgan fingerprint density at radius 3 is 2.84 bits per heavy atom. The Labute approximate surface area is 218 Å². The van der Waals surface area contributed by atoms with E-state index in [9.17, 15) is 9.59 Å². The molecular weight excluding hydrogens is 464 g/mol. The second-order valence-corrected chi connectivity index (χ2v) is 12.2. The molecule has 4 aliphatic rings. The Morgan fingerprint density at radius 2 is 1.97 bits per heavy atom. The molecule has 0 spiro atoms. The molecule has 8 heteroatoms. The lowest BCUT2D eigenvalue weighted by molar-refractivity contribution is -0.132. The van der Waals surface area contributed by atoms with Gasteiger partial charge in [-0.2, -0.15) is 0 Å². The molecule has 2 aromatic rings. The van der Waals surface area contributed by atoms with Crippen LogP contribution in [0.15, 0.2) is 36.5 Å². The first-order chi connectivity index (χ1) is 17.8. The van der Waals surface area contributed by atoms with E-state index in [0.717, 1.165) is 32.1 Å². The molecule has 37 heavy (non-hydrogen) atoms. The van der Waals surface area contributed by atoms with Crippen LogP contribution in [0, 0.1) is 34.5 Å². The fourth-order valence-corrected chi connectivity index (χ4v) is 8.58. The first kappa shape index (κ1) is 24.3. The molecule has 8 nitrogen and oxygen atoms in total. The van der Waals surface area contributed by atoms with Gasteiger partial charge in [0.25, 0.3) is 0 Å². The number of fused-ring (bicyclic) bond motifs is 6. The monoisotopic (exact) mass is 502 g/mol. The van der Waals surface area contributed by atoms with Crippen LogP contribution in [-0.4, -0.2) is 37.8 Å². The first-order valence-electron chi connectivity index (χ1n) is 13.9. The highest BCUT2D eigenvalue weighted by molar-refractivity contribution is 5.91. The van der Waals surface area contributed by atoms with Crippen molar-refractivity contribution in [2.24, 2.45) is 34.5 Å². The zero-order chi connectivity index (χ0) is 25.8. The molecule has 3 saturated carbocycles. The Bertz CT molecular complexity index is 1300. The van der Waals surface area contributed by atoms with Crippen LogP contribution in [0.3, 0.4) is 0 Å². The number of nitrogens with two attached hydrogens (primary N) is 1. The predicted octanol–water partition coefficient (Wildman–Crippen LogP) is 4.23. The fraction of sp³-hybridized carbons (Fsp3) is 0.621. The van der Waals surface area contributed by atoms with Crippen LogP contribution in [0.1, 0.15) is 65.2 Å². The van der Waals surface area contributed by atoms with E-state index in [4.69, 9.17) is 5.73 Å². The number of allylic oxidation sites excluding steroid dienone is 2. The predicted molar refractivity (Wildman–Crippen MR) is 142 cm³/mol. The third-order valence-electron chi connectivity index (χ3n) is 10.6. The molecule has 0 aromatic carbocycles. The van der Waals surface area contributed by atoms with Crippen LogP contribution < -0.4 is 11.1 Å². The van der Waals surface area contributed by atoms with Gasteiger partial charge in [-0.3, -0.25) is 9.59 Å². The molecule has 0 unspecified atom stereocenters. The molecule has 6 rings (SSSR count). The number of anilines is 1. The van der Waals surface area contributed by atoms with Crippen molar-refractivity contribution < 1.29 is 9.59 Å². The summed E-state index contributed by atoms with van der Waals surface area (Å²) in [6.45, 7) is 5.93. The molecule has 2 aromatic heterocycles. The van der Waals surface area contributed by atoms with E-state index in [-0.39, 0.29) is 22.7 Å². The van der Waals surface area contributed by atoms with Crippen molar-refractivity contribution in [3.05, 3.63) is 36.5 Å². The average molecular weight is 503 g/mol. The minimum atomic E-state index is 0.0758. The van der Waals surface area contributed by atoms with Crippen LogP contribution in [-0.2, 0) is 16.1 Å². The van der Waals surface area contributed by atoms with E-state index in [1.807, 2.05) is 22.8 Å². The number of imidazole rings is 1. The molecule has 0 saturated heterocycles. The summed E-state index contributed by atoms with van der Waals surface area (Å²) in [5, 5.41) is 3.20. The van der Waals surface area contributed by atoms with Gasteiger partial charge in [0.15, 0.2) is 17.2 Å². The summed E-state index contributed by atoms with van der Waals surface area (Å²) in [7, 11) is 0. The van der Waals surface area contributed by atoms with Crippen molar-refractivity contribution in [3.63, 3.8) is 0 Å². The largest absolute Gasteiger partial charge is 0.382 e.